The molecule has 0 atom stereocenters. The molecule has 3 nitrogen and oxygen atoms in total. The van der Waals surface area contributed by atoms with Crippen LogP contribution in [0.15, 0.2) is 24.4 Å². The third-order valence-corrected chi connectivity index (χ3v) is 1.33. The minimum atomic E-state index is -0.494. The lowest BCUT2D eigenvalue weighted by Gasteiger charge is -1.92. The molecule has 13 heavy (non-hydrogen) atoms. The molecule has 0 N–H and O–H groups in total. The van der Waals surface area contributed by atoms with E-state index in [0.29, 0.717) is 5.69 Å². The van der Waals surface area contributed by atoms with Gasteiger partial charge in [-0.25, -0.2) is 9.18 Å². The SMILES string of the molecule is COC(=O)C=Cc1cc(F)ccn1. The van der Waals surface area contributed by atoms with Gasteiger partial charge >= 0.3 is 5.97 Å². The number of ether oxygens (including phenoxy) is 1. The standard InChI is InChI=1S/C9H8FNO2/c1-13-9(12)3-2-8-6-7(10)4-5-11-8/h2-6H,1H3. The van der Waals surface area contributed by atoms with Crippen LogP contribution in [0.2, 0.25) is 0 Å². The predicted molar refractivity (Wildman–Crippen MR) is 45.2 cm³/mol. The van der Waals surface area contributed by atoms with Crippen LogP contribution in [0.5, 0.6) is 0 Å². The van der Waals surface area contributed by atoms with Gasteiger partial charge in [-0.05, 0) is 18.2 Å². The van der Waals surface area contributed by atoms with Crippen LogP contribution < -0.4 is 0 Å². The van der Waals surface area contributed by atoms with Crippen LogP contribution in [-0.2, 0) is 9.53 Å². The van der Waals surface area contributed by atoms with Crippen LogP contribution in [0.25, 0.3) is 6.08 Å². The highest BCUT2D eigenvalue weighted by Crippen LogP contribution is 2.01. The van der Waals surface area contributed by atoms with E-state index in [1.54, 1.807) is 0 Å². The van der Waals surface area contributed by atoms with Crippen LogP contribution in [0, 0.1) is 5.82 Å². The zero-order chi connectivity index (χ0) is 9.68. The number of aromatic nitrogens is 1. The molecule has 0 bridgehead atoms. The molecular formula is C9H8FNO2. The zero-order valence-electron chi connectivity index (χ0n) is 7.03. The number of carbonyl (C=O) groups is 1. The zero-order valence-corrected chi connectivity index (χ0v) is 7.03. The van der Waals surface area contributed by atoms with Gasteiger partial charge in [0.15, 0.2) is 0 Å². The van der Waals surface area contributed by atoms with E-state index in [2.05, 4.69) is 9.72 Å². The van der Waals surface area contributed by atoms with Crippen molar-refractivity contribution in [2.45, 2.75) is 0 Å². The number of hydrogen-bond donors (Lipinski definition) is 0. The summed E-state index contributed by atoms with van der Waals surface area (Å²) in [6, 6.07) is 2.45. The first-order valence-corrected chi connectivity index (χ1v) is 3.60. The lowest BCUT2D eigenvalue weighted by atomic mass is 10.3. The minimum Gasteiger partial charge on any atom is -0.466 e. The molecule has 0 aliphatic rings. The third-order valence-electron chi connectivity index (χ3n) is 1.33. The van der Waals surface area contributed by atoms with Crippen molar-refractivity contribution >= 4 is 12.0 Å². The number of carbonyl (C=O) groups excluding carboxylic acids is 1. The van der Waals surface area contributed by atoms with E-state index < -0.39 is 5.97 Å². The van der Waals surface area contributed by atoms with Gasteiger partial charge in [0, 0.05) is 12.3 Å². The highest BCUT2D eigenvalue weighted by Gasteiger charge is 1.94. The number of esters is 1. The second kappa shape index (κ2) is 4.35. The van der Waals surface area contributed by atoms with Gasteiger partial charge in [0.05, 0.1) is 12.8 Å². The Labute approximate surface area is 74.9 Å². The average molecular weight is 181 g/mol. The highest BCUT2D eigenvalue weighted by atomic mass is 19.1. The molecule has 0 fully saturated rings. The van der Waals surface area contributed by atoms with Crippen molar-refractivity contribution in [1.29, 1.82) is 0 Å². The van der Waals surface area contributed by atoms with Crippen molar-refractivity contribution in [1.82, 2.24) is 4.98 Å². The minimum absolute atomic E-state index is 0.380. The summed E-state index contributed by atoms with van der Waals surface area (Å²) >= 11 is 0. The largest absolute Gasteiger partial charge is 0.466 e. The first kappa shape index (κ1) is 9.38. The third kappa shape index (κ3) is 3.02. The molecule has 0 saturated carbocycles. The van der Waals surface area contributed by atoms with Crippen molar-refractivity contribution in [2.75, 3.05) is 7.11 Å². The van der Waals surface area contributed by atoms with Crippen LogP contribution in [0.4, 0.5) is 4.39 Å². The molecule has 0 radical (unpaired) electrons. The van der Waals surface area contributed by atoms with Crippen molar-refractivity contribution in [3.63, 3.8) is 0 Å². The van der Waals surface area contributed by atoms with Crippen LogP contribution in [-0.4, -0.2) is 18.1 Å². The second-order valence-corrected chi connectivity index (χ2v) is 2.26. The fourth-order valence-corrected chi connectivity index (χ4v) is 0.734. The summed E-state index contributed by atoms with van der Waals surface area (Å²) in [6.07, 6.45) is 3.89. The maximum absolute atomic E-state index is 12.6. The first-order valence-electron chi connectivity index (χ1n) is 3.60. The fourth-order valence-electron chi connectivity index (χ4n) is 0.734. The molecule has 1 aromatic heterocycles. The molecule has 0 spiro atoms. The molecule has 68 valence electrons. The van der Waals surface area contributed by atoms with Crippen LogP contribution in [0.1, 0.15) is 5.69 Å². The van der Waals surface area contributed by atoms with E-state index in [1.165, 1.54) is 37.6 Å². The molecule has 4 heteroatoms. The number of hydrogen-bond acceptors (Lipinski definition) is 3. The Hall–Kier alpha value is -1.71. The van der Waals surface area contributed by atoms with E-state index in [9.17, 15) is 9.18 Å². The molecule has 1 aromatic rings. The Bertz CT molecular complexity index is 336. The number of methoxy groups -OCH3 is 1. The summed E-state index contributed by atoms with van der Waals surface area (Å²) in [5.41, 5.74) is 0.380. The molecule has 0 amide bonds. The summed E-state index contributed by atoms with van der Waals surface area (Å²) in [6.45, 7) is 0. The van der Waals surface area contributed by atoms with E-state index >= 15 is 0 Å². The van der Waals surface area contributed by atoms with Gasteiger partial charge in [0.1, 0.15) is 5.82 Å². The van der Waals surface area contributed by atoms with Gasteiger partial charge in [-0.1, -0.05) is 0 Å². The number of rotatable bonds is 2. The Morgan fingerprint density at radius 2 is 2.46 bits per heavy atom. The van der Waals surface area contributed by atoms with E-state index in [-0.39, 0.29) is 5.82 Å². The molecule has 0 saturated heterocycles. The number of nitrogens with zero attached hydrogens (tertiary/aromatic N) is 1. The Morgan fingerprint density at radius 3 is 3.08 bits per heavy atom. The van der Waals surface area contributed by atoms with Gasteiger partial charge < -0.3 is 4.74 Å². The molecular weight excluding hydrogens is 173 g/mol. The maximum atomic E-state index is 12.6. The Balaban J connectivity index is 2.74. The van der Waals surface area contributed by atoms with E-state index in [0.717, 1.165) is 0 Å². The normalized spacial score (nSPS) is 10.3. The van der Waals surface area contributed by atoms with Gasteiger partial charge in [0.2, 0.25) is 0 Å². The number of pyridine rings is 1. The van der Waals surface area contributed by atoms with Gasteiger partial charge in [-0.15, -0.1) is 0 Å². The maximum Gasteiger partial charge on any atom is 0.330 e. The predicted octanol–water partition coefficient (Wildman–Crippen LogP) is 1.41. The van der Waals surface area contributed by atoms with Crippen molar-refractivity contribution in [3.05, 3.63) is 35.9 Å². The lowest BCUT2D eigenvalue weighted by molar-refractivity contribution is -0.134. The Kier molecular flexibility index (Phi) is 3.14. The molecule has 1 heterocycles. The molecule has 0 aromatic carbocycles. The van der Waals surface area contributed by atoms with Crippen LogP contribution in [0.3, 0.4) is 0 Å². The summed E-state index contributed by atoms with van der Waals surface area (Å²) < 4.78 is 16.9. The molecule has 0 aliphatic carbocycles. The quantitative estimate of drug-likeness (QED) is 0.511. The van der Waals surface area contributed by atoms with Gasteiger partial charge in [-0.2, -0.15) is 0 Å². The topological polar surface area (TPSA) is 39.2 Å². The fraction of sp³-hybridized carbons (Fsp3) is 0.111. The summed E-state index contributed by atoms with van der Waals surface area (Å²) in [7, 11) is 1.27. The summed E-state index contributed by atoms with van der Waals surface area (Å²) in [5, 5.41) is 0. The van der Waals surface area contributed by atoms with Crippen molar-refractivity contribution in [2.24, 2.45) is 0 Å². The lowest BCUT2D eigenvalue weighted by Crippen LogP contribution is -1.93. The van der Waals surface area contributed by atoms with Crippen molar-refractivity contribution < 1.29 is 13.9 Å². The Morgan fingerprint density at radius 1 is 1.69 bits per heavy atom. The molecule has 0 aliphatic heterocycles. The monoisotopic (exact) mass is 181 g/mol. The van der Waals surface area contributed by atoms with Gasteiger partial charge in [0.25, 0.3) is 0 Å². The van der Waals surface area contributed by atoms with E-state index in [1.807, 2.05) is 0 Å². The second-order valence-electron chi connectivity index (χ2n) is 2.26. The summed E-state index contributed by atoms with van der Waals surface area (Å²) in [4.78, 5) is 14.5. The first-order chi connectivity index (χ1) is 6.22. The number of halogens is 1. The summed E-state index contributed by atoms with van der Waals surface area (Å²) in [5.74, 6) is -0.884. The van der Waals surface area contributed by atoms with E-state index in [4.69, 9.17) is 0 Å². The van der Waals surface area contributed by atoms with Gasteiger partial charge in [-0.3, -0.25) is 4.98 Å². The van der Waals surface area contributed by atoms with Crippen molar-refractivity contribution in [3.8, 4) is 0 Å². The molecule has 1 rings (SSSR count). The van der Waals surface area contributed by atoms with Crippen LogP contribution >= 0.6 is 0 Å². The highest BCUT2D eigenvalue weighted by molar-refractivity contribution is 5.86. The average Bonchev–Trinajstić information content (AvgIpc) is 2.14. The smallest absolute Gasteiger partial charge is 0.330 e. The molecule has 0 unspecified atom stereocenters.